The molecule has 1 aliphatic heterocycles. The summed E-state index contributed by atoms with van der Waals surface area (Å²) in [6.45, 7) is 0.660. The van der Waals surface area contributed by atoms with Crippen LogP contribution in [0.15, 0.2) is 18.2 Å². The number of amides is 1. The Morgan fingerprint density at radius 3 is 3.05 bits per heavy atom. The van der Waals surface area contributed by atoms with Gasteiger partial charge in [0.15, 0.2) is 0 Å². The van der Waals surface area contributed by atoms with Gasteiger partial charge in [0.05, 0.1) is 0 Å². The Hall–Kier alpha value is -1.59. The standard InChI is InChI=1S/C14H20N2O3/c1-15-11(6-7-17)9-19-12-3-4-13-10(8-12)2-5-14(18)16-13/h3-4,8,11,15,17H,2,5-7,9H2,1H3,(H,16,18). The molecule has 0 saturated heterocycles. The van der Waals surface area contributed by atoms with Crippen molar-refractivity contribution in [2.24, 2.45) is 0 Å². The van der Waals surface area contributed by atoms with E-state index in [1.54, 1.807) is 0 Å². The zero-order chi connectivity index (χ0) is 13.7. The lowest BCUT2D eigenvalue weighted by atomic mass is 10.0. The van der Waals surface area contributed by atoms with Gasteiger partial charge in [-0.25, -0.2) is 0 Å². The summed E-state index contributed by atoms with van der Waals surface area (Å²) in [4.78, 5) is 11.3. The SMILES string of the molecule is CNC(CCO)COc1ccc2c(c1)CCC(=O)N2. The second-order valence-corrected chi connectivity index (χ2v) is 4.68. The number of fused-ring (bicyclic) bond motifs is 1. The van der Waals surface area contributed by atoms with Crippen LogP contribution >= 0.6 is 0 Å². The lowest BCUT2D eigenvalue weighted by Crippen LogP contribution is -2.32. The third-order valence-electron chi connectivity index (χ3n) is 3.31. The Bertz CT molecular complexity index is 448. The number of hydrogen-bond acceptors (Lipinski definition) is 4. The minimum atomic E-state index is 0.0689. The van der Waals surface area contributed by atoms with Crippen LogP contribution in [-0.2, 0) is 11.2 Å². The first kappa shape index (κ1) is 13.8. The van der Waals surface area contributed by atoms with E-state index >= 15 is 0 Å². The highest BCUT2D eigenvalue weighted by Gasteiger charge is 2.15. The van der Waals surface area contributed by atoms with Crippen molar-refractivity contribution >= 4 is 11.6 Å². The molecule has 0 saturated carbocycles. The summed E-state index contributed by atoms with van der Waals surface area (Å²) < 4.78 is 5.72. The first-order chi connectivity index (χ1) is 9.22. The molecule has 3 N–H and O–H groups in total. The fourth-order valence-electron chi connectivity index (χ4n) is 2.11. The fourth-order valence-corrected chi connectivity index (χ4v) is 2.11. The average molecular weight is 264 g/mol. The minimum absolute atomic E-state index is 0.0689. The second kappa shape index (κ2) is 6.54. The topological polar surface area (TPSA) is 70.6 Å². The van der Waals surface area contributed by atoms with Gasteiger partial charge in [0.25, 0.3) is 0 Å². The molecular formula is C14H20N2O3. The van der Waals surface area contributed by atoms with Crippen molar-refractivity contribution in [2.75, 3.05) is 25.6 Å². The Labute approximate surface area is 113 Å². The van der Waals surface area contributed by atoms with Gasteiger partial charge in [0, 0.05) is 24.8 Å². The van der Waals surface area contributed by atoms with E-state index in [1.807, 2.05) is 25.2 Å². The number of anilines is 1. The van der Waals surface area contributed by atoms with Crippen LogP contribution in [0.25, 0.3) is 0 Å². The average Bonchev–Trinajstić information content (AvgIpc) is 2.43. The summed E-state index contributed by atoms with van der Waals surface area (Å²) in [6, 6.07) is 5.85. The number of carbonyl (C=O) groups is 1. The number of hydrogen-bond donors (Lipinski definition) is 3. The molecule has 1 amide bonds. The number of aliphatic hydroxyl groups is 1. The van der Waals surface area contributed by atoms with Gasteiger partial charge >= 0.3 is 0 Å². The van der Waals surface area contributed by atoms with Crippen LogP contribution in [0.2, 0.25) is 0 Å². The van der Waals surface area contributed by atoms with Crippen molar-refractivity contribution in [1.29, 1.82) is 0 Å². The van der Waals surface area contributed by atoms with E-state index in [9.17, 15) is 4.79 Å². The van der Waals surface area contributed by atoms with Crippen molar-refractivity contribution < 1.29 is 14.6 Å². The molecule has 0 spiro atoms. The Kier molecular flexibility index (Phi) is 4.76. The minimum Gasteiger partial charge on any atom is -0.492 e. The van der Waals surface area contributed by atoms with Gasteiger partial charge in [0.2, 0.25) is 5.91 Å². The van der Waals surface area contributed by atoms with Crippen molar-refractivity contribution in [3.8, 4) is 5.75 Å². The third kappa shape index (κ3) is 3.68. The van der Waals surface area contributed by atoms with Crippen LogP contribution in [-0.4, -0.2) is 37.3 Å². The molecule has 1 unspecified atom stereocenters. The molecule has 2 rings (SSSR count). The highest BCUT2D eigenvalue weighted by atomic mass is 16.5. The molecular weight excluding hydrogens is 244 g/mol. The quantitative estimate of drug-likeness (QED) is 0.714. The molecule has 1 aliphatic rings. The molecule has 1 heterocycles. The number of ether oxygens (including phenoxy) is 1. The maximum Gasteiger partial charge on any atom is 0.224 e. The molecule has 104 valence electrons. The first-order valence-corrected chi connectivity index (χ1v) is 6.56. The third-order valence-corrected chi connectivity index (χ3v) is 3.31. The highest BCUT2D eigenvalue weighted by molar-refractivity contribution is 5.93. The highest BCUT2D eigenvalue weighted by Crippen LogP contribution is 2.26. The maximum atomic E-state index is 11.3. The smallest absolute Gasteiger partial charge is 0.224 e. The van der Waals surface area contributed by atoms with Gasteiger partial charge in [-0.1, -0.05) is 0 Å². The van der Waals surface area contributed by atoms with Crippen LogP contribution in [0, 0.1) is 0 Å². The molecule has 0 aliphatic carbocycles. The molecule has 0 aromatic heterocycles. The van der Waals surface area contributed by atoms with E-state index in [2.05, 4.69) is 10.6 Å². The Morgan fingerprint density at radius 1 is 1.47 bits per heavy atom. The van der Waals surface area contributed by atoms with Crippen molar-refractivity contribution in [2.45, 2.75) is 25.3 Å². The maximum absolute atomic E-state index is 11.3. The summed E-state index contributed by atoms with van der Waals surface area (Å²) in [6.07, 6.45) is 1.95. The van der Waals surface area contributed by atoms with Crippen LogP contribution in [0.4, 0.5) is 5.69 Å². The summed E-state index contributed by atoms with van der Waals surface area (Å²) in [5, 5.41) is 14.9. The zero-order valence-corrected chi connectivity index (χ0v) is 11.1. The molecule has 0 bridgehead atoms. The van der Waals surface area contributed by atoms with Gasteiger partial charge in [-0.3, -0.25) is 4.79 Å². The summed E-state index contributed by atoms with van der Waals surface area (Å²) in [5.74, 6) is 0.868. The van der Waals surface area contributed by atoms with Crippen molar-refractivity contribution in [3.63, 3.8) is 0 Å². The van der Waals surface area contributed by atoms with E-state index in [0.717, 1.165) is 23.4 Å². The Balaban J connectivity index is 1.96. The van der Waals surface area contributed by atoms with E-state index < -0.39 is 0 Å². The van der Waals surface area contributed by atoms with Gasteiger partial charge in [-0.2, -0.15) is 0 Å². The van der Waals surface area contributed by atoms with Gasteiger partial charge in [-0.05, 0) is 43.7 Å². The molecule has 5 heteroatoms. The molecule has 1 atom stereocenters. The van der Waals surface area contributed by atoms with Crippen LogP contribution in [0.5, 0.6) is 5.75 Å². The largest absolute Gasteiger partial charge is 0.492 e. The number of nitrogens with one attached hydrogen (secondary N) is 2. The predicted molar refractivity (Wildman–Crippen MR) is 73.4 cm³/mol. The van der Waals surface area contributed by atoms with Gasteiger partial charge in [0.1, 0.15) is 12.4 Å². The first-order valence-electron chi connectivity index (χ1n) is 6.56. The van der Waals surface area contributed by atoms with Crippen molar-refractivity contribution in [1.82, 2.24) is 5.32 Å². The van der Waals surface area contributed by atoms with E-state index in [1.165, 1.54) is 0 Å². The van der Waals surface area contributed by atoms with Gasteiger partial charge < -0.3 is 20.5 Å². The fraction of sp³-hybridized carbons (Fsp3) is 0.500. The number of likely N-dealkylation sites (N-methyl/N-ethyl adjacent to an activating group) is 1. The zero-order valence-electron chi connectivity index (χ0n) is 11.1. The van der Waals surface area contributed by atoms with Crippen LogP contribution in [0.3, 0.4) is 0 Å². The summed E-state index contributed by atoms with van der Waals surface area (Å²) >= 11 is 0. The van der Waals surface area contributed by atoms with Gasteiger partial charge in [-0.15, -0.1) is 0 Å². The number of aliphatic hydroxyl groups excluding tert-OH is 1. The molecule has 5 nitrogen and oxygen atoms in total. The van der Waals surface area contributed by atoms with E-state index in [4.69, 9.17) is 9.84 Å². The lowest BCUT2D eigenvalue weighted by Gasteiger charge is -2.19. The summed E-state index contributed by atoms with van der Waals surface area (Å²) in [5.41, 5.74) is 1.99. The number of rotatable bonds is 6. The molecule has 0 fully saturated rings. The number of benzene rings is 1. The van der Waals surface area contributed by atoms with Crippen LogP contribution in [0.1, 0.15) is 18.4 Å². The molecule has 1 aromatic rings. The molecule has 19 heavy (non-hydrogen) atoms. The van der Waals surface area contributed by atoms with E-state index in [-0.39, 0.29) is 18.6 Å². The molecule has 1 aromatic carbocycles. The summed E-state index contributed by atoms with van der Waals surface area (Å²) in [7, 11) is 1.85. The Morgan fingerprint density at radius 2 is 2.32 bits per heavy atom. The number of carbonyl (C=O) groups excluding carboxylic acids is 1. The second-order valence-electron chi connectivity index (χ2n) is 4.68. The normalized spacial score (nSPS) is 15.6. The monoisotopic (exact) mass is 264 g/mol. The molecule has 0 radical (unpaired) electrons. The number of aryl methyl sites for hydroxylation is 1. The lowest BCUT2D eigenvalue weighted by molar-refractivity contribution is -0.116. The van der Waals surface area contributed by atoms with E-state index in [0.29, 0.717) is 19.4 Å². The predicted octanol–water partition coefficient (Wildman–Crippen LogP) is 0.920. The van der Waals surface area contributed by atoms with Crippen LogP contribution < -0.4 is 15.4 Å². The van der Waals surface area contributed by atoms with Crippen molar-refractivity contribution in [3.05, 3.63) is 23.8 Å².